The third-order valence-corrected chi connectivity index (χ3v) is 5.80. The number of alkyl halides is 1. The molecule has 2 aliphatic rings. The fourth-order valence-corrected chi connectivity index (χ4v) is 4.23. The number of aliphatic hydroxyl groups excluding tert-OH is 1. The molecule has 3 rings (SSSR count). The number of aliphatic hydroxyl groups is 1. The van der Waals surface area contributed by atoms with Gasteiger partial charge in [0.2, 0.25) is 0 Å². The Kier molecular flexibility index (Phi) is 8.34. The Labute approximate surface area is 183 Å². The Morgan fingerprint density at radius 1 is 1.35 bits per heavy atom. The summed E-state index contributed by atoms with van der Waals surface area (Å²) < 4.78 is 20.2. The summed E-state index contributed by atoms with van der Waals surface area (Å²) in [6, 6.07) is 0. The van der Waals surface area contributed by atoms with Gasteiger partial charge in [-0.25, -0.2) is 9.38 Å². The van der Waals surface area contributed by atoms with E-state index in [4.69, 9.17) is 15.3 Å². The van der Waals surface area contributed by atoms with Gasteiger partial charge in [0.05, 0.1) is 17.1 Å². The lowest BCUT2D eigenvalue weighted by Crippen LogP contribution is -2.49. The lowest BCUT2D eigenvalue weighted by molar-refractivity contribution is 0.0155. The van der Waals surface area contributed by atoms with E-state index in [0.717, 1.165) is 62.2 Å². The first-order valence-electron chi connectivity index (χ1n) is 11.1. The topological polar surface area (TPSA) is 101 Å². The average Bonchev–Trinajstić information content (AvgIpc) is 3.15. The summed E-state index contributed by atoms with van der Waals surface area (Å²) in [4.78, 5) is 8.92. The molecule has 172 valence electrons. The van der Waals surface area contributed by atoms with Crippen molar-refractivity contribution in [2.45, 2.75) is 57.9 Å². The fourth-order valence-electron chi connectivity index (χ4n) is 4.23. The van der Waals surface area contributed by atoms with Crippen molar-refractivity contribution in [3.63, 3.8) is 0 Å². The zero-order valence-corrected chi connectivity index (χ0v) is 18.7. The second-order valence-electron chi connectivity index (χ2n) is 8.55. The first-order chi connectivity index (χ1) is 14.9. The summed E-state index contributed by atoms with van der Waals surface area (Å²) in [7, 11) is 0. The van der Waals surface area contributed by atoms with Gasteiger partial charge in [0.15, 0.2) is 6.17 Å². The molecule has 31 heavy (non-hydrogen) atoms. The van der Waals surface area contributed by atoms with Crippen molar-refractivity contribution in [3.8, 4) is 0 Å². The minimum absolute atomic E-state index is 0.0478. The second kappa shape index (κ2) is 11.0. The average molecular weight is 435 g/mol. The molecule has 1 saturated heterocycles. The molecule has 0 amide bonds. The zero-order chi connectivity index (χ0) is 22.4. The lowest BCUT2D eigenvalue weighted by Gasteiger charge is -2.37. The van der Waals surface area contributed by atoms with Crippen LogP contribution in [-0.4, -0.2) is 95.0 Å². The molecule has 1 aromatic heterocycles. The highest BCUT2D eigenvalue weighted by Crippen LogP contribution is 2.19. The van der Waals surface area contributed by atoms with Gasteiger partial charge in [-0.1, -0.05) is 6.92 Å². The van der Waals surface area contributed by atoms with Gasteiger partial charge in [-0.05, 0) is 32.4 Å². The maximum absolute atomic E-state index is 14.4. The number of hydrogen-bond donors (Lipinski definition) is 3. The standard InChI is InChI=1S/C22H35FN6O2/c1-15(2)31-20-12-17-19(13-18(20)23)26-27-22(17)16(3)11-21(25-14-24)29-8-6-28(7-9-29)5-4-10-30/h12-16,18,20,24,26,30H,4-11H2,1-3H3. The van der Waals surface area contributed by atoms with E-state index >= 15 is 0 Å². The molecule has 1 aromatic rings. The van der Waals surface area contributed by atoms with Crippen LogP contribution in [0, 0.1) is 5.41 Å². The third-order valence-electron chi connectivity index (χ3n) is 5.80. The van der Waals surface area contributed by atoms with E-state index in [1.165, 1.54) is 0 Å². The Hall–Kier alpha value is -2.10. The molecular formula is C22H35FN6O2. The number of nitrogens with zero attached hydrogens (tertiary/aromatic N) is 4. The second-order valence-corrected chi connectivity index (χ2v) is 8.55. The molecule has 1 aliphatic heterocycles. The van der Waals surface area contributed by atoms with Crippen molar-refractivity contribution in [2.75, 3.05) is 39.3 Å². The predicted molar refractivity (Wildman–Crippen MR) is 121 cm³/mol. The summed E-state index contributed by atoms with van der Waals surface area (Å²) in [5, 5.41) is 25.6. The monoisotopic (exact) mass is 434 g/mol. The van der Waals surface area contributed by atoms with E-state index in [9.17, 15) is 4.39 Å². The lowest BCUT2D eigenvalue weighted by atomic mass is 9.98. The molecular weight excluding hydrogens is 399 g/mol. The number of hydrogen-bond acceptors (Lipinski definition) is 5. The van der Waals surface area contributed by atoms with Gasteiger partial charge < -0.3 is 14.7 Å². The van der Waals surface area contributed by atoms with Crippen LogP contribution in [0.2, 0.25) is 0 Å². The van der Waals surface area contributed by atoms with Crippen molar-refractivity contribution in [3.05, 3.63) is 16.3 Å². The Morgan fingerprint density at radius 3 is 2.74 bits per heavy atom. The quantitative estimate of drug-likeness (QED) is 0.391. The normalized spacial score (nSPS) is 23.3. The molecule has 0 bridgehead atoms. The maximum Gasteiger partial charge on any atom is 0.150 e. The van der Waals surface area contributed by atoms with Crippen LogP contribution >= 0.6 is 0 Å². The van der Waals surface area contributed by atoms with E-state index in [0.29, 0.717) is 11.8 Å². The molecule has 0 aromatic carbocycles. The first kappa shape index (κ1) is 23.6. The fraction of sp³-hybridized carbons (Fsp3) is 0.682. The number of piperazine rings is 1. The van der Waals surface area contributed by atoms with Crippen LogP contribution < -0.4 is 10.6 Å². The molecule has 3 N–H and O–H groups in total. The SMILES string of the molecule is CC(C)OC1C=c2c(C(C)CC(=NC=N)N3CCN(CCCO)CC3)n[nH]c2=CC1F. The first-order valence-corrected chi connectivity index (χ1v) is 11.1. The molecule has 0 radical (unpaired) electrons. The molecule has 1 aliphatic carbocycles. The van der Waals surface area contributed by atoms with E-state index in [1.807, 2.05) is 19.9 Å². The summed E-state index contributed by atoms with van der Waals surface area (Å²) >= 11 is 0. The third kappa shape index (κ3) is 5.99. The number of rotatable bonds is 9. The molecule has 0 spiro atoms. The van der Waals surface area contributed by atoms with Crippen LogP contribution in [0.15, 0.2) is 4.99 Å². The largest absolute Gasteiger partial charge is 0.396 e. The highest BCUT2D eigenvalue weighted by atomic mass is 19.1. The summed E-state index contributed by atoms with van der Waals surface area (Å²) in [6.07, 6.45) is 4.04. The maximum atomic E-state index is 14.4. The molecule has 1 fully saturated rings. The van der Waals surface area contributed by atoms with Crippen molar-refractivity contribution in [2.24, 2.45) is 4.99 Å². The number of aliphatic imine (C=N–C) groups is 1. The van der Waals surface area contributed by atoms with Crippen LogP contribution in [-0.2, 0) is 4.74 Å². The predicted octanol–water partition coefficient (Wildman–Crippen LogP) is 0.615. The number of ether oxygens (including phenoxy) is 1. The zero-order valence-electron chi connectivity index (χ0n) is 18.7. The minimum Gasteiger partial charge on any atom is -0.396 e. The van der Waals surface area contributed by atoms with Gasteiger partial charge in [0.25, 0.3) is 0 Å². The highest BCUT2D eigenvalue weighted by molar-refractivity contribution is 5.88. The molecule has 3 atom stereocenters. The van der Waals surface area contributed by atoms with Crippen molar-refractivity contribution in [1.82, 2.24) is 20.0 Å². The number of halogens is 1. The molecule has 2 heterocycles. The summed E-state index contributed by atoms with van der Waals surface area (Å²) in [5.74, 6) is 0.922. The minimum atomic E-state index is -1.20. The van der Waals surface area contributed by atoms with E-state index in [1.54, 1.807) is 6.08 Å². The van der Waals surface area contributed by atoms with Crippen LogP contribution in [0.4, 0.5) is 4.39 Å². The number of aromatic amines is 1. The van der Waals surface area contributed by atoms with Crippen molar-refractivity contribution >= 4 is 24.3 Å². The van der Waals surface area contributed by atoms with Crippen LogP contribution in [0.25, 0.3) is 12.2 Å². The van der Waals surface area contributed by atoms with Gasteiger partial charge in [-0.2, -0.15) is 5.10 Å². The van der Waals surface area contributed by atoms with E-state index < -0.39 is 12.3 Å². The smallest absolute Gasteiger partial charge is 0.150 e. The number of H-pyrrole nitrogens is 1. The number of amidine groups is 1. The molecule has 8 nitrogen and oxygen atoms in total. The van der Waals surface area contributed by atoms with Gasteiger partial charge in [-0.15, -0.1) is 0 Å². The van der Waals surface area contributed by atoms with Crippen molar-refractivity contribution < 1.29 is 14.2 Å². The van der Waals surface area contributed by atoms with Gasteiger partial charge in [0, 0.05) is 56.9 Å². The Balaban J connectivity index is 1.72. The number of nitrogens with one attached hydrogen (secondary N) is 2. The van der Waals surface area contributed by atoms with Gasteiger partial charge >= 0.3 is 0 Å². The Bertz CT molecular complexity index is 875. The van der Waals surface area contributed by atoms with Crippen LogP contribution in [0.3, 0.4) is 0 Å². The van der Waals surface area contributed by atoms with Gasteiger partial charge in [0.1, 0.15) is 18.3 Å². The van der Waals surface area contributed by atoms with Gasteiger partial charge in [-0.3, -0.25) is 15.4 Å². The van der Waals surface area contributed by atoms with Crippen molar-refractivity contribution in [1.29, 1.82) is 5.41 Å². The highest BCUT2D eigenvalue weighted by Gasteiger charge is 2.26. The number of aromatic nitrogens is 2. The molecule has 3 unspecified atom stereocenters. The van der Waals surface area contributed by atoms with E-state index in [2.05, 4.69) is 31.9 Å². The summed E-state index contributed by atoms with van der Waals surface area (Å²) in [6.45, 7) is 10.5. The number of fused-ring (bicyclic) bond motifs is 1. The van der Waals surface area contributed by atoms with E-state index in [-0.39, 0.29) is 18.6 Å². The molecule has 0 saturated carbocycles. The Morgan fingerprint density at radius 2 is 2.10 bits per heavy atom. The van der Waals surface area contributed by atoms with Crippen LogP contribution in [0.1, 0.15) is 45.2 Å². The summed E-state index contributed by atoms with van der Waals surface area (Å²) in [5.41, 5.74) is 0.870. The molecule has 9 heteroatoms. The van der Waals surface area contributed by atoms with Crippen LogP contribution in [0.5, 0.6) is 0 Å².